The molecule has 1 aliphatic heterocycles. The zero-order valence-corrected chi connectivity index (χ0v) is 22.0. The summed E-state index contributed by atoms with van der Waals surface area (Å²) in [4.78, 5) is 24.7. The average molecular weight is 518 g/mol. The Hall–Kier alpha value is -4.22. The van der Waals surface area contributed by atoms with E-state index in [9.17, 15) is 10.1 Å². The highest BCUT2D eigenvalue weighted by atomic mass is 16.6. The van der Waals surface area contributed by atoms with E-state index in [0.717, 1.165) is 40.9 Å². The summed E-state index contributed by atoms with van der Waals surface area (Å²) in [6.45, 7) is 3.32. The number of likely N-dealkylation sites (N-methyl/N-ethyl adjacent to an activating group) is 2. The molecular weight excluding hydrogens is 486 g/mol. The van der Waals surface area contributed by atoms with E-state index in [-0.39, 0.29) is 10.6 Å². The Morgan fingerprint density at radius 1 is 1.18 bits per heavy atom. The number of methoxy groups -OCH3 is 1. The largest absolute Gasteiger partial charge is 0.494 e. The molecule has 1 N–H and O–H groups in total. The quantitative estimate of drug-likeness (QED) is 0.257. The van der Waals surface area contributed by atoms with Crippen molar-refractivity contribution in [3.63, 3.8) is 0 Å². The lowest BCUT2D eigenvalue weighted by atomic mass is 10.1. The van der Waals surface area contributed by atoms with Gasteiger partial charge in [-0.2, -0.15) is 0 Å². The Labute approximate surface area is 220 Å². The van der Waals surface area contributed by atoms with E-state index in [1.54, 1.807) is 12.3 Å². The molecule has 11 heteroatoms. The number of fused-ring (bicyclic) bond motifs is 3. The molecule has 0 atom stereocenters. The minimum atomic E-state index is -0.386. The average Bonchev–Trinajstić information content (AvgIpc) is 3.26. The third-order valence-electron chi connectivity index (χ3n) is 6.72. The number of nitro groups is 1. The number of nitrogens with zero attached hydrogens (tertiary/aromatic N) is 6. The van der Waals surface area contributed by atoms with Crippen LogP contribution in [0.2, 0.25) is 0 Å². The molecule has 3 heterocycles. The number of nitrogens with one attached hydrogen (secondary N) is 1. The molecule has 5 rings (SSSR count). The van der Waals surface area contributed by atoms with Crippen molar-refractivity contribution in [3.05, 3.63) is 64.5 Å². The molecule has 2 aromatic heterocycles. The lowest BCUT2D eigenvalue weighted by Gasteiger charge is -2.22. The summed E-state index contributed by atoms with van der Waals surface area (Å²) >= 11 is 0. The molecule has 0 fully saturated rings. The van der Waals surface area contributed by atoms with Gasteiger partial charge >= 0.3 is 0 Å². The van der Waals surface area contributed by atoms with E-state index in [1.807, 2.05) is 49.1 Å². The van der Waals surface area contributed by atoms with Crippen LogP contribution in [0, 0.1) is 10.1 Å². The fourth-order valence-electron chi connectivity index (χ4n) is 4.80. The van der Waals surface area contributed by atoms with E-state index in [2.05, 4.69) is 27.0 Å². The Kier molecular flexibility index (Phi) is 7.12. The van der Waals surface area contributed by atoms with Crippen LogP contribution in [-0.2, 0) is 17.9 Å². The lowest BCUT2D eigenvalue weighted by Crippen LogP contribution is -2.28. The second-order valence-electron chi connectivity index (χ2n) is 9.46. The number of ether oxygens (including phenoxy) is 2. The molecule has 0 amide bonds. The molecule has 0 radical (unpaired) electrons. The first-order chi connectivity index (χ1) is 18.4. The Morgan fingerprint density at radius 2 is 2.00 bits per heavy atom. The standard InChI is InChI=1S/C27H31N7O4/c1-31(2)11-12-32(3)22-16-25(37-4)20(15-23(22)34(35)36)30-27-28-10-9-19(29-27)26-18-7-5-6-8-21(18)33-13-14-38-17-24(26)33/h5-10,15-16H,11-14,17H2,1-4H3,(H,28,29,30). The summed E-state index contributed by atoms with van der Waals surface area (Å²) in [6, 6.07) is 13.3. The van der Waals surface area contributed by atoms with Crippen LogP contribution in [-0.4, -0.2) is 72.3 Å². The zero-order chi connectivity index (χ0) is 26.8. The van der Waals surface area contributed by atoms with Gasteiger partial charge in [0.25, 0.3) is 5.69 Å². The van der Waals surface area contributed by atoms with Crippen LogP contribution in [0.3, 0.4) is 0 Å². The minimum Gasteiger partial charge on any atom is -0.494 e. The normalized spacial score (nSPS) is 13.0. The monoisotopic (exact) mass is 517 g/mol. The van der Waals surface area contributed by atoms with Gasteiger partial charge in [0.15, 0.2) is 0 Å². The van der Waals surface area contributed by atoms with Gasteiger partial charge in [0, 0.05) is 61.5 Å². The van der Waals surface area contributed by atoms with Gasteiger partial charge in [-0.15, -0.1) is 0 Å². The summed E-state index contributed by atoms with van der Waals surface area (Å²) in [6.07, 6.45) is 1.68. The van der Waals surface area contributed by atoms with Gasteiger partial charge < -0.3 is 29.2 Å². The van der Waals surface area contributed by atoms with Crippen molar-refractivity contribution in [2.45, 2.75) is 13.2 Å². The molecule has 0 unspecified atom stereocenters. The molecule has 0 spiro atoms. The summed E-state index contributed by atoms with van der Waals surface area (Å²) in [5.74, 6) is 0.765. The van der Waals surface area contributed by atoms with Crippen molar-refractivity contribution in [2.75, 3.05) is 58.2 Å². The second kappa shape index (κ2) is 10.6. The van der Waals surface area contributed by atoms with Gasteiger partial charge in [-0.05, 0) is 26.2 Å². The number of hydrogen-bond donors (Lipinski definition) is 1. The third-order valence-corrected chi connectivity index (χ3v) is 6.72. The fraction of sp³-hybridized carbons (Fsp3) is 0.333. The van der Waals surface area contributed by atoms with Crippen molar-refractivity contribution >= 4 is 33.9 Å². The van der Waals surface area contributed by atoms with Crippen molar-refractivity contribution in [1.82, 2.24) is 19.4 Å². The second-order valence-corrected chi connectivity index (χ2v) is 9.46. The Morgan fingerprint density at radius 3 is 2.76 bits per heavy atom. The number of nitro benzene ring substituents is 1. The van der Waals surface area contributed by atoms with E-state index in [0.29, 0.717) is 42.8 Å². The van der Waals surface area contributed by atoms with E-state index >= 15 is 0 Å². The van der Waals surface area contributed by atoms with Crippen molar-refractivity contribution in [1.29, 1.82) is 0 Å². The highest BCUT2D eigenvalue weighted by Crippen LogP contribution is 2.40. The molecule has 0 saturated heterocycles. The summed E-state index contributed by atoms with van der Waals surface area (Å²) in [5.41, 5.74) is 4.80. The molecule has 38 heavy (non-hydrogen) atoms. The lowest BCUT2D eigenvalue weighted by molar-refractivity contribution is -0.384. The first-order valence-corrected chi connectivity index (χ1v) is 12.4. The highest BCUT2D eigenvalue weighted by Gasteiger charge is 2.24. The predicted molar refractivity (Wildman–Crippen MR) is 147 cm³/mol. The van der Waals surface area contributed by atoms with Crippen LogP contribution in [0.4, 0.5) is 23.0 Å². The number of benzene rings is 2. The maximum Gasteiger partial charge on any atom is 0.294 e. The minimum absolute atomic E-state index is 0.0321. The fourth-order valence-corrected chi connectivity index (χ4v) is 4.80. The van der Waals surface area contributed by atoms with Crippen LogP contribution in [0.5, 0.6) is 5.75 Å². The third kappa shape index (κ3) is 4.85. The van der Waals surface area contributed by atoms with Gasteiger partial charge in [0.05, 0.1) is 42.3 Å². The molecule has 11 nitrogen and oxygen atoms in total. The highest BCUT2D eigenvalue weighted by molar-refractivity contribution is 5.97. The molecule has 2 aromatic carbocycles. The topological polar surface area (TPSA) is 111 Å². The predicted octanol–water partition coefficient (Wildman–Crippen LogP) is 4.29. The Balaban J connectivity index is 1.52. The van der Waals surface area contributed by atoms with Crippen molar-refractivity contribution in [2.24, 2.45) is 0 Å². The molecule has 1 aliphatic rings. The van der Waals surface area contributed by atoms with Crippen molar-refractivity contribution in [3.8, 4) is 17.0 Å². The van der Waals surface area contributed by atoms with Crippen LogP contribution in [0.1, 0.15) is 5.69 Å². The number of hydrogen-bond acceptors (Lipinski definition) is 9. The van der Waals surface area contributed by atoms with E-state index in [1.165, 1.54) is 13.2 Å². The van der Waals surface area contributed by atoms with Gasteiger partial charge in [-0.3, -0.25) is 10.1 Å². The first-order valence-electron chi connectivity index (χ1n) is 12.4. The van der Waals surface area contributed by atoms with Gasteiger partial charge in [-0.25, -0.2) is 9.97 Å². The van der Waals surface area contributed by atoms with Crippen LogP contribution < -0.4 is 15.0 Å². The van der Waals surface area contributed by atoms with Gasteiger partial charge in [0.2, 0.25) is 5.95 Å². The molecule has 0 saturated carbocycles. The van der Waals surface area contributed by atoms with Crippen LogP contribution in [0.25, 0.3) is 22.2 Å². The summed E-state index contributed by atoms with van der Waals surface area (Å²) < 4.78 is 13.7. The summed E-state index contributed by atoms with van der Waals surface area (Å²) in [5, 5.41) is 16.2. The molecule has 4 aromatic rings. The number of anilines is 3. The Bertz CT molecular complexity index is 1480. The van der Waals surface area contributed by atoms with Gasteiger partial charge in [-0.1, -0.05) is 18.2 Å². The van der Waals surface area contributed by atoms with Crippen LogP contribution >= 0.6 is 0 Å². The van der Waals surface area contributed by atoms with E-state index < -0.39 is 0 Å². The number of para-hydroxylation sites is 1. The zero-order valence-electron chi connectivity index (χ0n) is 22.0. The molecule has 198 valence electrons. The maximum atomic E-state index is 12.0. The van der Waals surface area contributed by atoms with Crippen LogP contribution in [0.15, 0.2) is 48.7 Å². The number of rotatable bonds is 9. The number of aromatic nitrogens is 3. The van der Waals surface area contributed by atoms with Gasteiger partial charge in [0.1, 0.15) is 11.4 Å². The van der Waals surface area contributed by atoms with Crippen molar-refractivity contribution < 1.29 is 14.4 Å². The molecule has 0 aliphatic carbocycles. The molecule has 0 bridgehead atoms. The SMILES string of the molecule is COc1cc(N(C)CCN(C)C)c([N+](=O)[O-])cc1Nc1nccc(-c2c3n(c4ccccc24)CCOC3)n1. The smallest absolute Gasteiger partial charge is 0.294 e. The maximum absolute atomic E-state index is 12.0. The first kappa shape index (κ1) is 25.4. The summed E-state index contributed by atoms with van der Waals surface area (Å²) in [7, 11) is 7.29. The van der Waals surface area contributed by atoms with E-state index in [4.69, 9.17) is 14.5 Å². The molecular formula is C27H31N7O4.